The Hall–Kier alpha value is -5.05. The summed E-state index contributed by atoms with van der Waals surface area (Å²) in [5, 5.41) is 5.60. The van der Waals surface area contributed by atoms with Gasteiger partial charge in [0.15, 0.2) is 5.82 Å². The van der Waals surface area contributed by atoms with Gasteiger partial charge >= 0.3 is 0 Å². The number of amides is 2. The number of aromatic nitrogens is 3. The SMILES string of the molecule is C=C(/C(C)=C\C=C(/C)C(=O)Nc1ccc(Oc2ccc3nc(NC(=O)C4CC4)cn3c2)cn1)c1ccc(F)cc1. The highest BCUT2D eigenvalue weighted by Gasteiger charge is 2.30. The summed E-state index contributed by atoms with van der Waals surface area (Å²) < 4.78 is 20.9. The van der Waals surface area contributed by atoms with Gasteiger partial charge in [-0.15, -0.1) is 0 Å². The van der Waals surface area contributed by atoms with Crippen LogP contribution in [0.3, 0.4) is 0 Å². The number of carbonyl (C=O) groups is 2. The Bertz CT molecular complexity index is 1650. The van der Waals surface area contributed by atoms with E-state index < -0.39 is 0 Å². The highest BCUT2D eigenvalue weighted by atomic mass is 19.1. The van der Waals surface area contributed by atoms with Crippen LogP contribution in [0.1, 0.15) is 32.3 Å². The summed E-state index contributed by atoms with van der Waals surface area (Å²) in [6.07, 6.45) is 10.4. The van der Waals surface area contributed by atoms with E-state index in [-0.39, 0.29) is 23.5 Å². The number of fused-ring (bicyclic) bond motifs is 1. The number of nitrogens with zero attached hydrogens (tertiary/aromatic N) is 3. The predicted molar refractivity (Wildman–Crippen MR) is 152 cm³/mol. The lowest BCUT2D eigenvalue weighted by Crippen LogP contribution is -2.13. The lowest BCUT2D eigenvalue weighted by Gasteiger charge is -2.08. The van der Waals surface area contributed by atoms with Crippen molar-refractivity contribution in [3.8, 4) is 11.5 Å². The normalized spacial score (nSPS) is 13.7. The van der Waals surface area contributed by atoms with Crippen molar-refractivity contribution in [1.29, 1.82) is 0 Å². The molecular weight excluding hydrogens is 509 g/mol. The van der Waals surface area contributed by atoms with Crippen molar-refractivity contribution in [2.75, 3.05) is 10.6 Å². The van der Waals surface area contributed by atoms with Crippen molar-refractivity contribution < 1.29 is 18.7 Å². The van der Waals surface area contributed by atoms with E-state index in [1.165, 1.54) is 18.3 Å². The number of ether oxygens (including phenoxy) is 1. The van der Waals surface area contributed by atoms with Crippen LogP contribution in [0, 0.1) is 11.7 Å². The molecule has 1 aliphatic carbocycles. The van der Waals surface area contributed by atoms with Crippen molar-refractivity contribution in [2.45, 2.75) is 26.7 Å². The van der Waals surface area contributed by atoms with Crippen LogP contribution in [0.25, 0.3) is 11.2 Å². The van der Waals surface area contributed by atoms with Crippen LogP contribution in [0.2, 0.25) is 0 Å². The Labute approximate surface area is 230 Å². The van der Waals surface area contributed by atoms with Gasteiger partial charge in [0, 0.05) is 11.5 Å². The van der Waals surface area contributed by atoms with Crippen molar-refractivity contribution >= 4 is 34.7 Å². The maximum Gasteiger partial charge on any atom is 0.252 e. The molecule has 1 saturated carbocycles. The molecule has 0 saturated heterocycles. The van der Waals surface area contributed by atoms with E-state index in [2.05, 4.69) is 27.2 Å². The van der Waals surface area contributed by atoms with Crippen LogP contribution in [0.4, 0.5) is 16.0 Å². The number of hydrogen-bond acceptors (Lipinski definition) is 5. The lowest BCUT2D eigenvalue weighted by atomic mass is 10.00. The summed E-state index contributed by atoms with van der Waals surface area (Å²) in [6.45, 7) is 7.63. The van der Waals surface area contributed by atoms with Crippen LogP contribution >= 0.6 is 0 Å². The smallest absolute Gasteiger partial charge is 0.252 e. The highest BCUT2D eigenvalue weighted by molar-refractivity contribution is 6.03. The number of rotatable bonds is 9. The van der Waals surface area contributed by atoms with Crippen molar-refractivity contribution in [2.24, 2.45) is 5.92 Å². The Morgan fingerprint density at radius 2 is 1.68 bits per heavy atom. The van der Waals surface area contributed by atoms with Gasteiger partial charge in [-0.3, -0.25) is 9.59 Å². The zero-order valence-corrected chi connectivity index (χ0v) is 22.1. The standard InChI is InChI=1S/C31H28FN5O3/c1-19(21(3)22-8-10-24(32)11-9-22)4-5-20(2)30(38)35-27-14-12-25(16-33-27)40-26-13-15-29-34-28(18-37(29)17-26)36-31(39)23-6-7-23/h4-5,8-18,23H,3,6-7H2,1-2H3,(H,36,39)(H,33,35,38)/b19-4-,20-5+. The van der Waals surface area contributed by atoms with E-state index in [0.717, 1.165) is 29.6 Å². The second-order valence-corrected chi connectivity index (χ2v) is 9.64. The van der Waals surface area contributed by atoms with Gasteiger partial charge in [-0.1, -0.05) is 30.9 Å². The van der Waals surface area contributed by atoms with E-state index in [1.807, 2.05) is 6.92 Å². The fourth-order valence-electron chi connectivity index (χ4n) is 3.84. The van der Waals surface area contributed by atoms with E-state index in [9.17, 15) is 14.0 Å². The third kappa shape index (κ3) is 6.50. The summed E-state index contributed by atoms with van der Waals surface area (Å²) in [7, 11) is 0. The molecule has 3 aromatic heterocycles. The van der Waals surface area contributed by atoms with E-state index in [4.69, 9.17) is 4.74 Å². The molecule has 0 bridgehead atoms. The number of benzene rings is 1. The molecule has 0 radical (unpaired) electrons. The molecule has 1 aliphatic rings. The molecule has 3 heterocycles. The largest absolute Gasteiger partial charge is 0.454 e. The molecule has 2 N–H and O–H groups in total. The van der Waals surface area contributed by atoms with E-state index in [0.29, 0.717) is 34.4 Å². The molecular formula is C31H28FN5O3. The van der Waals surface area contributed by atoms with Crippen LogP contribution < -0.4 is 15.4 Å². The summed E-state index contributed by atoms with van der Waals surface area (Å²) >= 11 is 0. The molecule has 0 spiro atoms. The minimum atomic E-state index is -0.306. The van der Waals surface area contributed by atoms with Gasteiger partial charge in [0.25, 0.3) is 5.91 Å². The van der Waals surface area contributed by atoms with Gasteiger partial charge in [0.1, 0.15) is 28.8 Å². The summed E-state index contributed by atoms with van der Waals surface area (Å²) in [4.78, 5) is 33.3. The first kappa shape index (κ1) is 26.6. The van der Waals surface area contributed by atoms with Crippen LogP contribution in [0.15, 0.2) is 97.0 Å². The second-order valence-electron chi connectivity index (χ2n) is 9.64. The second kappa shape index (κ2) is 11.4. The molecule has 2 amide bonds. The first-order valence-electron chi connectivity index (χ1n) is 12.8. The third-order valence-electron chi connectivity index (χ3n) is 6.45. The number of anilines is 2. The first-order chi connectivity index (χ1) is 19.2. The predicted octanol–water partition coefficient (Wildman–Crippen LogP) is 6.55. The first-order valence-corrected chi connectivity index (χ1v) is 12.8. The molecule has 1 aromatic carbocycles. The van der Waals surface area contributed by atoms with Crippen LogP contribution in [0.5, 0.6) is 11.5 Å². The molecule has 5 rings (SSSR count). The lowest BCUT2D eigenvalue weighted by molar-refractivity contribution is -0.117. The van der Waals surface area contributed by atoms with Crippen LogP contribution in [-0.2, 0) is 9.59 Å². The molecule has 9 heteroatoms. The number of hydrogen-bond donors (Lipinski definition) is 2. The maximum atomic E-state index is 13.2. The van der Waals surface area contributed by atoms with Crippen molar-refractivity contribution in [3.05, 3.63) is 108 Å². The number of imidazole rings is 1. The van der Waals surface area contributed by atoms with Gasteiger partial charge in [-0.25, -0.2) is 14.4 Å². The van der Waals surface area contributed by atoms with E-state index >= 15 is 0 Å². The van der Waals surface area contributed by atoms with E-state index in [1.54, 1.807) is 72.3 Å². The number of nitrogens with one attached hydrogen (secondary N) is 2. The van der Waals surface area contributed by atoms with Crippen LogP contribution in [-0.4, -0.2) is 26.2 Å². The molecule has 0 unspecified atom stereocenters. The average molecular weight is 538 g/mol. The number of carbonyl (C=O) groups excluding carboxylic acids is 2. The minimum Gasteiger partial charge on any atom is -0.454 e. The fourth-order valence-corrected chi connectivity index (χ4v) is 3.84. The molecule has 202 valence electrons. The molecule has 1 fully saturated rings. The number of halogens is 1. The van der Waals surface area contributed by atoms with Gasteiger partial charge in [-0.2, -0.15) is 0 Å². The summed E-state index contributed by atoms with van der Waals surface area (Å²) in [5.74, 6) is 1.43. The zero-order chi connectivity index (χ0) is 28.2. The van der Waals surface area contributed by atoms with Gasteiger partial charge in [0.2, 0.25) is 5.91 Å². The minimum absolute atomic E-state index is 0.00293. The molecule has 4 aromatic rings. The number of allylic oxidation sites excluding steroid dienone is 4. The molecule has 8 nitrogen and oxygen atoms in total. The zero-order valence-electron chi connectivity index (χ0n) is 22.1. The third-order valence-corrected chi connectivity index (χ3v) is 6.45. The van der Waals surface area contributed by atoms with Gasteiger partial charge < -0.3 is 19.8 Å². The summed E-state index contributed by atoms with van der Waals surface area (Å²) in [6, 6.07) is 13.0. The fraction of sp³-hybridized carbons (Fsp3) is 0.161. The molecule has 0 atom stereocenters. The van der Waals surface area contributed by atoms with Crippen molar-refractivity contribution in [1.82, 2.24) is 14.4 Å². The molecule has 40 heavy (non-hydrogen) atoms. The Kier molecular flexibility index (Phi) is 7.54. The molecule has 0 aliphatic heterocycles. The van der Waals surface area contributed by atoms with Gasteiger partial charge in [-0.05, 0) is 79.8 Å². The van der Waals surface area contributed by atoms with Crippen molar-refractivity contribution in [3.63, 3.8) is 0 Å². The number of pyridine rings is 2. The van der Waals surface area contributed by atoms with Gasteiger partial charge in [0.05, 0.1) is 18.6 Å². The Morgan fingerprint density at radius 3 is 2.38 bits per heavy atom. The average Bonchev–Trinajstić information content (AvgIpc) is 3.73. The Morgan fingerprint density at radius 1 is 0.950 bits per heavy atom. The topological polar surface area (TPSA) is 97.6 Å². The maximum absolute atomic E-state index is 13.2. The quantitative estimate of drug-likeness (QED) is 0.186. The monoisotopic (exact) mass is 537 g/mol. The highest BCUT2D eigenvalue weighted by Crippen LogP contribution is 2.30. The Balaban J connectivity index is 1.17. The summed E-state index contributed by atoms with van der Waals surface area (Å²) in [5.41, 5.74) is 3.57.